The minimum atomic E-state index is -0.427. The SMILES string of the molecule is Cc1cc(NC(=O)c2cccc(F)c2C)ccc1C(=O)N1Cc2ccccc2Nc2ccccc21. The number of aryl methyl sites for hydroxylation is 1. The monoisotopic (exact) mass is 465 g/mol. The third-order valence-electron chi connectivity index (χ3n) is 6.28. The Kier molecular flexibility index (Phi) is 5.79. The highest BCUT2D eigenvalue weighted by Crippen LogP contribution is 2.36. The normalized spacial score (nSPS) is 12.1. The summed E-state index contributed by atoms with van der Waals surface area (Å²) in [4.78, 5) is 28.2. The number of rotatable bonds is 3. The van der Waals surface area contributed by atoms with Crippen LogP contribution in [0.5, 0.6) is 0 Å². The molecule has 2 amide bonds. The second-order valence-corrected chi connectivity index (χ2v) is 8.59. The van der Waals surface area contributed by atoms with Crippen molar-refractivity contribution in [2.24, 2.45) is 0 Å². The first kappa shape index (κ1) is 22.3. The molecule has 35 heavy (non-hydrogen) atoms. The summed E-state index contributed by atoms with van der Waals surface area (Å²) in [6, 6.07) is 25.3. The number of carbonyl (C=O) groups excluding carboxylic acids is 2. The molecule has 5 nitrogen and oxygen atoms in total. The van der Waals surface area contributed by atoms with E-state index in [4.69, 9.17) is 0 Å². The van der Waals surface area contributed by atoms with E-state index in [0.717, 1.165) is 28.2 Å². The van der Waals surface area contributed by atoms with E-state index < -0.39 is 11.7 Å². The van der Waals surface area contributed by atoms with Crippen molar-refractivity contribution in [3.05, 3.63) is 119 Å². The van der Waals surface area contributed by atoms with Crippen LogP contribution in [-0.2, 0) is 6.54 Å². The van der Waals surface area contributed by atoms with Crippen LogP contribution in [0.15, 0.2) is 84.9 Å². The molecule has 1 aliphatic heterocycles. The summed E-state index contributed by atoms with van der Waals surface area (Å²) in [6.07, 6.45) is 0. The molecule has 0 spiro atoms. The number of nitrogens with zero attached hydrogens (tertiary/aromatic N) is 1. The van der Waals surface area contributed by atoms with Gasteiger partial charge in [-0.3, -0.25) is 9.59 Å². The third kappa shape index (κ3) is 4.26. The fourth-order valence-corrected chi connectivity index (χ4v) is 4.36. The van der Waals surface area contributed by atoms with Gasteiger partial charge in [-0.25, -0.2) is 4.39 Å². The maximum Gasteiger partial charge on any atom is 0.258 e. The minimum absolute atomic E-state index is 0.132. The van der Waals surface area contributed by atoms with E-state index in [2.05, 4.69) is 10.6 Å². The zero-order valence-corrected chi connectivity index (χ0v) is 19.4. The van der Waals surface area contributed by atoms with E-state index >= 15 is 0 Å². The first-order valence-corrected chi connectivity index (χ1v) is 11.4. The lowest BCUT2D eigenvalue weighted by molar-refractivity contribution is 0.0983. The average molecular weight is 466 g/mol. The van der Waals surface area contributed by atoms with Crippen LogP contribution in [0, 0.1) is 19.7 Å². The van der Waals surface area contributed by atoms with Crippen LogP contribution in [0.3, 0.4) is 0 Å². The summed E-state index contributed by atoms with van der Waals surface area (Å²) in [5.74, 6) is -0.958. The maximum absolute atomic E-state index is 13.9. The van der Waals surface area contributed by atoms with Gasteiger partial charge in [-0.05, 0) is 79.1 Å². The largest absolute Gasteiger partial charge is 0.354 e. The fraction of sp³-hybridized carbons (Fsp3) is 0.103. The molecule has 0 unspecified atom stereocenters. The molecule has 4 aromatic rings. The van der Waals surface area contributed by atoms with Crippen molar-refractivity contribution in [3.8, 4) is 0 Å². The number of para-hydroxylation sites is 3. The number of benzene rings is 4. The molecule has 0 saturated heterocycles. The molecule has 0 radical (unpaired) electrons. The number of amides is 2. The van der Waals surface area contributed by atoms with Gasteiger partial charge >= 0.3 is 0 Å². The summed E-state index contributed by atoms with van der Waals surface area (Å²) in [5, 5.41) is 6.25. The summed E-state index contributed by atoms with van der Waals surface area (Å²) < 4.78 is 13.9. The number of fused-ring (bicyclic) bond motifs is 2. The second kappa shape index (κ2) is 9.06. The van der Waals surface area contributed by atoms with Crippen molar-refractivity contribution in [3.63, 3.8) is 0 Å². The van der Waals surface area contributed by atoms with Gasteiger partial charge in [0.2, 0.25) is 0 Å². The average Bonchev–Trinajstić information content (AvgIpc) is 3.02. The fourth-order valence-electron chi connectivity index (χ4n) is 4.36. The molecular weight excluding hydrogens is 441 g/mol. The van der Waals surface area contributed by atoms with Gasteiger partial charge in [-0.15, -0.1) is 0 Å². The summed E-state index contributed by atoms with van der Waals surface area (Å²) in [6.45, 7) is 3.84. The zero-order valence-electron chi connectivity index (χ0n) is 19.4. The number of hydrogen-bond donors (Lipinski definition) is 2. The van der Waals surface area contributed by atoms with Crippen molar-refractivity contribution in [1.82, 2.24) is 0 Å². The Morgan fingerprint density at radius 1 is 0.857 bits per heavy atom. The molecule has 0 saturated carbocycles. The van der Waals surface area contributed by atoms with Gasteiger partial charge in [0, 0.05) is 22.5 Å². The highest BCUT2D eigenvalue weighted by atomic mass is 19.1. The lowest BCUT2D eigenvalue weighted by atomic mass is 10.0. The molecule has 0 atom stereocenters. The van der Waals surface area contributed by atoms with Gasteiger partial charge in [-0.1, -0.05) is 36.4 Å². The molecule has 5 rings (SSSR count). The van der Waals surface area contributed by atoms with Crippen molar-refractivity contribution in [2.75, 3.05) is 15.5 Å². The van der Waals surface area contributed by atoms with Crippen LogP contribution in [0.25, 0.3) is 0 Å². The number of carbonyl (C=O) groups is 2. The lowest BCUT2D eigenvalue weighted by Crippen LogP contribution is -2.30. The number of anilines is 4. The summed E-state index contributed by atoms with van der Waals surface area (Å²) in [5.41, 5.74) is 6.02. The Hall–Kier alpha value is -4.45. The first-order valence-electron chi connectivity index (χ1n) is 11.4. The van der Waals surface area contributed by atoms with Gasteiger partial charge in [-0.2, -0.15) is 0 Å². The smallest absolute Gasteiger partial charge is 0.258 e. The molecular formula is C29H24FN3O2. The highest BCUT2D eigenvalue weighted by Gasteiger charge is 2.26. The second-order valence-electron chi connectivity index (χ2n) is 8.59. The van der Waals surface area contributed by atoms with Gasteiger partial charge in [0.1, 0.15) is 5.82 Å². The van der Waals surface area contributed by atoms with E-state index in [-0.39, 0.29) is 11.5 Å². The van der Waals surface area contributed by atoms with Crippen LogP contribution in [0.1, 0.15) is 37.4 Å². The van der Waals surface area contributed by atoms with E-state index in [9.17, 15) is 14.0 Å². The van der Waals surface area contributed by atoms with Crippen LogP contribution >= 0.6 is 0 Å². The van der Waals surface area contributed by atoms with Gasteiger partial charge < -0.3 is 15.5 Å². The number of halogens is 1. The molecule has 0 bridgehead atoms. The standard InChI is InChI=1S/C29H24FN3O2/c1-18-16-21(31-28(34)23-9-7-10-24(30)19(23)2)14-15-22(18)29(35)33-17-20-8-3-4-11-25(20)32-26-12-5-6-13-27(26)33/h3-16,32H,17H2,1-2H3,(H,31,34). The molecule has 0 aromatic heterocycles. The van der Waals surface area contributed by atoms with Crippen molar-refractivity contribution < 1.29 is 14.0 Å². The van der Waals surface area contributed by atoms with Crippen molar-refractivity contribution >= 4 is 34.6 Å². The van der Waals surface area contributed by atoms with Crippen molar-refractivity contribution in [2.45, 2.75) is 20.4 Å². The zero-order chi connectivity index (χ0) is 24.5. The molecule has 2 N–H and O–H groups in total. The Labute approximate surface area is 203 Å². The first-order chi connectivity index (χ1) is 16.9. The third-order valence-corrected chi connectivity index (χ3v) is 6.28. The molecule has 174 valence electrons. The summed E-state index contributed by atoms with van der Waals surface area (Å²) >= 11 is 0. The predicted molar refractivity (Wildman–Crippen MR) is 137 cm³/mol. The van der Waals surface area contributed by atoms with Gasteiger partial charge in [0.15, 0.2) is 0 Å². The van der Waals surface area contributed by atoms with Crippen LogP contribution in [-0.4, -0.2) is 11.8 Å². The molecule has 4 aromatic carbocycles. The van der Waals surface area contributed by atoms with Gasteiger partial charge in [0.05, 0.1) is 17.9 Å². The lowest BCUT2D eigenvalue weighted by Gasteiger charge is -2.24. The molecule has 1 aliphatic rings. The highest BCUT2D eigenvalue weighted by molar-refractivity contribution is 6.10. The van der Waals surface area contributed by atoms with Crippen LogP contribution < -0.4 is 15.5 Å². The number of hydrogen-bond acceptors (Lipinski definition) is 3. The Morgan fingerprint density at radius 2 is 1.60 bits per heavy atom. The van der Waals surface area contributed by atoms with E-state index in [1.54, 1.807) is 36.1 Å². The van der Waals surface area contributed by atoms with Crippen LogP contribution in [0.4, 0.5) is 27.1 Å². The van der Waals surface area contributed by atoms with E-state index in [1.807, 2.05) is 55.5 Å². The summed E-state index contributed by atoms with van der Waals surface area (Å²) in [7, 11) is 0. The van der Waals surface area contributed by atoms with E-state index in [0.29, 0.717) is 23.4 Å². The maximum atomic E-state index is 13.9. The topological polar surface area (TPSA) is 61.4 Å². The minimum Gasteiger partial charge on any atom is -0.354 e. The number of nitrogens with one attached hydrogen (secondary N) is 2. The molecule has 0 aliphatic carbocycles. The Balaban J connectivity index is 1.44. The van der Waals surface area contributed by atoms with Crippen LogP contribution in [0.2, 0.25) is 0 Å². The Bertz CT molecular complexity index is 1460. The quantitative estimate of drug-likeness (QED) is 0.358. The van der Waals surface area contributed by atoms with Crippen molar-refractivity contribution in [1.29, 1.82) is 0 Å². The van der Waals surface area contributed by atoms with E-state index in [1.165, 1.54) is 12.1 Å². The predicted octanol–water partition coefficient (Wildman–Crippen LogP) is 6.60. The molecule has 1 heterocycles. The molecule has 0 fully saturated rings. The Morgan fingerprint density at radius 3 is 2.40 bits per heavy atom. The molecule has 6 heteroatoms. The van der Waals surface area contributed by atoms with Gasteiger partial charge in [0.25, 0.3) is 11.8 Å².